The maximum absolute atomic E-state index is 5.65. The van der Waals surface area contributed by atoms with Gasteiger partial charge in [0.25, 0.3) is 0 Å². The Balaban J connectivity index is 2.51. The van der Waals surface area contributed by atoms with Crippen molar-refractivity contribution < 1.29 is 4.74 Å². The Hall–Kier alpha value is -0.0900. The van der Waals surface area contributed by atoms with Crippen LogP contribution in [0.4, 0.5) is 0 Å². The minimum atomic E-state index is -0.0526. The number of hydrogen-bond donors (Lipinski definition) is 0. The van der Waals surface area contributed by atoms with E-state index in [1.807, 2.05) is 0 Å². The molecule has 0 aliphatic carbocycles. The van der Waals surface area contributed by atoms with Gasteiger partial charge >= 0.3 is 0 Å². The molecular formula is C11H15IO. The Labute approximate surface area is 93.6 Å². The first-order valence-electron chi connectivity index (χ1n) is 4.36. The van der Waals surface area contributed by atoms with E-state index in [0.29, 0.717) is 6.61 Å². The van der Waals surface area contributed by atoms with Crippen molar-refractivity contribution in [2.75, 3.05) is 0 Å². The molecule has 0 spiro atoms. The molecule has 0 radical (unpaired) electrons. The Morgan fingerprint density at radius 2 is 1.69 bits per heavy atom. The third-order valence-corrected chi connectivity index (χ3v) is 2.30. The molecule has 0 unspecified atom stereocenters. The zero-order valence-electron chi connectivity index (χ0n) is 8.30. The van der Waals surface area contributed by atoms with Crippen molar-refractivity contribution in [2.45, 2.75) is 33.0 Å². The van der Waals surface area contributed by atoms with Gasteiger partial charge in [0.2, 0.25) is 0 Å². The van der Waals surface area contributed by atoms with Gasteiger partial charge < -0.3 is 4.74 Å². The van der Waals surface area contributed by atoms with Gasteiger partial charge in [0.1, 0.15) is 0 Å². The third-order valence-electron chi connectivity index (χ3n) is 1.59. The molecule has 1 rings (SSSR count). The molecule has 0 aliphatic heterocycles. The van der Waals surface area contributed by atoms with Gasteiger partial charge in [-0.15, -0.1) is 0 Å². The van der Waals surface area contributed by atoms with E-state index in [2.05, 4.69) is 67.6 Å². The molecule has 0 saturated heterocycles. The molecule has 0 amide bonds. The van der Waals surface area contributed by atoms with Crippen LogP contribution in [0.2, 0.25) is 0 Å². The summed E-state index contributed by atoms with van der Waals surface area (Å²) in [5.41, 5.74) is 1.18. The van der Waals surface area contributed by atoms with Crippen LogP contribution in [0, 0.1) is 3.57 Å². The van der Waals surface area contributed by atoms with E-state index >= 15 is 0 Å². The molecule has 0 N–H and O–H groups in total. The second kappa shape index (κ2) is 4.42. The van der Waals surface area contributed by atoms with E-state index in [0.717, 1.165) is 0 Å². The first-order valence-corrected chi connectivity index (χ1v) is 5.44. The predicted octanol–water partition coefficient (Wildman–Crippen LogP) is 3.61. The van der Waals surface area contributed by atoms with E-state index in [1.54, 1.807) is 0 Å². The van der Waals surface area contributed by atoms with Gasteiger partial charge in [-0.2, -0.15) is 0 Å². The SMILES string of the molecule is CC(C)(C)OCc1ccc(I)cc1. The fourth-order valence-corrected chi connectivity index (χ4v) is 1.24. The van der Waals surface area contributed by atoms with Crippen LogP contribution in [-0.4, -0.2) is 5.60 Å². The molecule has 0 heterocycles. The van der Waals surface area contributed by atoms with Gasteiger partial charge in [-0.25, -0.2) is 0 Å². The smallest absolute Gasteiger partial charge is 0.0724 e. The van der Waals surface area contributed by atoms with Gasteiger partial charge in [-0.05, 0) is 61.1 Å². The van der Waals surface area contributed by atoms with E-state index in [9.17, 15) is 0 Å². The van der Waals surface area contributed by atoms with Crippen LogP contribution in [0.15, 0.2) is 24.3 Å². The number of halogens is 1. The average molecular weight is 290 g/mol. The molecule has 0 bridgehead atoms. The van der Waals surface area contributed by atoms with Crippen molar-refractivity contribution in [3.05, 3.63) is 33.4 Å². The summed E-state index contributed by atoms with van der Waals surface area (Å²) in [6.07, 6.45) is 0. The van der Waals surface area contributed by atoms with Crippen molar-refractivity contribution >= 4 is 22.6 Å². The summed E-state index contributed by atoms with van der Waals surface area (Å²) in [5.74, 6) is 0. The number of benzene rings is 1. The molecule has 1 aromatic carbocycles. The van der Waals surface area contributed by atoms with Gasteiger partial charge in [0, 0.05) is 3.57 Å². The highest BCUT2D eigenvalue weighted by Gasteiger charge is 2.09. The van der Waals surface area contributed by atoms with E-state index in [-0.39, 0.29) is 5.60 Å². The normalized spacial score (nSPS) is 11.7. The lowest BCUT2D eigenvalue weighted by Gasteiger charge is -2.19. The van der Waals surface area contributed by atoms with E-state index in [1.165, 1.54) is 9.13 Å². The molecule has 0 saturated carbocycles. The summed E-state index contributed by atoms with van der Waals surface area (Å²) in [4.78, 5) is 0. The molecule has 72 valence electrons. The van der Waals surface area contributed by atoms with Crippen molar-refractivity contribution in [3.8, 4) is 0 Å². The Bertz CT molecular complexity index is 258. The summed E-state index contributed by atoms with van der Waals surface area (Å²) in [7, 11) is 0. The Morgan fingerprint density at radius 3 is 2.15 bits per heavy atom. The van der Waals surface area contributed by atoms with E-state index < -0.39 is 0 Å². The summed E-state index contributed by atoms with van der Waals surface area (Å²) in [6.45, 7) is 6.90. The second-order valence-corrected chi connectivity index (χ2v) is 5.27. The van der Waals surface area contributed by atoms with Crippen molar-refractivity contribution in [1.82, 2.24) is 0 Å². The van der Waals surface area contributed by atoms with Crippen LogP contribution in [0.3, 0.4) is 0 Å². The monoisotopic (exact) mass is 290 g/mol. The first kappa shape index (κ1) is 11.0. The Kier molecular flexibility index (Phi) is 3.74. The number of hydrogen-bond acceptors (Lipinski definition) is 1. The quantitative estimate of drug-likeness (QED) is 0.756. The minimum absolute atomic E-state index is 0.0526. The largest absolute Gasteiger partial charge is 0.371 e. The molecule has 0 aromatic heterocycles. The highest BCUT2D eigenvalue weighted by molar-refractivity contribution is 14.1. The molecule has 1 aromatic rings. The van der Waals surface area contributed by atoms with Gasteiger partial charge in [-0.3, -0.25) is 0 Å². The minimum Gasteiger partial charge on any atom is -0.371 e. The first-order chi connectivity index (χ1) is 5.97. The molecular weight excluding hydrogens is 275 g/mol. The fraction of sp³-hybridized carbons (Fsp3) is 0.455. The van der Waals surface area contributed by atoms with Crippen LogP contribution >= 0.6 is 22.6 Å². The van der Waals surface area contributed by atoms with Crippen molar-refractivity contribution in [2.24, 2.45) is 0 Å². The third kappa shape index (κ3) is 4.62. The summed E-state index contributed by atoms with van der Waals surface area (Å²) >= 11 is 2.30. The number of rotatable bonds is 2. The molecule has 13 heavy (non-hydrogen) atoms. The summed E-state index contributed by atoms with van der Waals surface area (Å²) in [6, 6.07) is 8.41. The molecule has 0 fully saturated rings. The van der Waals surface area contributed by atoms with Gasteiger partial charge in [0.15, 0.2) is 0 Å². The van der Waals surface area contributed by atoms with Crippen molar-refractivity contribution in [3.63, 3.8) is 0 Å². The lowest BCUT2D eigenvalue weighted by molar-refractivity contribution is -0.0149. The van der Waals surface area contributed by atoms with E-state index in [4.69, 9.17) is 4.74 Å². The van der Waals surface area contributed by atoms with Crippen LogP contribution in [0.1, 0.15) is 26.3 Å². The predicted molar refractivity (Wildman–Crippen MR) is 63.7 cm³/mol. The van der Waals surface area contributed by atoms with Crippen LogP contribution in [0.5, 0.6) is 0 Å². The lowest BCUT2D eigenvalue weighted by atomic mass is 10.2. The summed E-state index contributed by atoms with van der Waals surface area (Å²) < 4.78 is 6.91. The fourth-order valence-electron chi connectivity index (χ4n) is 0.880. The molecule has 1 nitrogen and oxygen atoms in total. The summed E-state index contributed by atoms with van der Waals surface area (Å²) in [5, 5.41) is 0. The Morgan fingerprint density at radius 1 is 1.15 bits per heavy atom. The maximum atomic E-state index is 5.65. The zero-order valence-corrected chi connectivity index (χ0v) is 10.5. The van der Waals surface area contributed by atoms with Gasteiger partial charge in [-0.1, -0.05) is 12.1 Å². The highest BCUT2D eigenvalue weighted by atomic mass is 127. The molecule has 0 atom stereocenters. The van der Waals surface area contributed by atoms with Crippen LogP contribution < -0.4 is 0 Å². The second-order valence-electron chi connectivity index (χ2n) is 4.03. The molecule has 2 heteroatoms. The van der Waals surface area contributed by atoms with Crippen LogP contribution in [-0.2, 0) is 11.3 Å². The highest BCUT2D eigenvalue weighted by Crippen LogP contribution is 2.13. The maximum Gasteiger partial charge on any atom is 0.0724 e. The zero-order chi connectivity index (χ0) is 9.90. The van der Waals surface area contributed by atoms with Gasteiger partial charge in [0.05, 0.1) is 12.2 Å². The number of ether oxygens (including phenoxy) is 1. The van der Waals surface area contributed by atoms with Crippen LogP contribution in [0.25, 0.3) is 0 Å². The average Bonchev–Trinajstić information content (AvgIpc) is 2.02. The topological polar surface area (TPSA) is 9.23 Å². The molecule has 0 aliphatic rings. The standard InChI is InChI=1S/C11H15IO/c1-11(2,3)13-8-9-4-6-10(12)7-5-9/h4-7H,8H2,1-3H3. The lowest BCUT2D eigenvalue weighted by Crippen LogP contribution is -2.18. The van der Waals surface area contributed by atoms with Crippen molar-refractivity contribution in [1.29, 1.82) is 0 Å².